The number of nitriles is 1. The zero-order valence-corrected chi connectivity index (χ0v) is 12.9. The van der Waals surface area contributed by atoms with Crippen LogP contribution in [-0.4, -0.2) is 39.1 Å². The van der Waals surface area contributed by atoms with Crippen LogP contribution in [0.5, 0.6) is 0 Å². The number of carbonyl (C=O) groups excluding carboxylic acids is 1. The summed E-state index contributed by atoms with van der Waals surface area (Å²) in [6.07, 6.45) is 3.17. The molecule has 122 valence electrons. The lowest BCUT2D eigenvalue weighted by Crippen LogP contribution is -2.11. The summed E-state index contributed by atoms with van der Waals surface area (Å²) >= 11 is 0. The zero-order valence-electron chi connectivity index (χ0n) is 12.9. The number of anilines is 1. The number of nitrogens with zero attached hydrogens (tertiary/aromatic N) is 4. The molecule has 2 heterocycles. The number of aliphatic hydroxyl groups excluding tert-OH is 1. The van der Waals surface area contributed by atoms with Gasteiger partial charge in [0.15, 0.2) is 5.69 Å². The van der Waals surface area contributed by atoms with E-state index in [1.807, 2.05) is 18.2 Å². The van der Waals surface area contributed by atoms with E-state index in [-0.39, 0.29) is 23.6 Å². The third-order valence-electron chi connectivity index (χ3n) is 3.76. The summed E-state index contributed by atoms with van der Waals surface area (Å²) in [6.45, 7) is 0.385. The van der Waals surface area contributed by atoms with Crippen LogP contribution in [0.3, 0.4) is 0 Å². The Bertz CT molecular complexity index is 964. The van der Waals surface area contributed by atoms with Crippen molar-refractivity contribution in [3.63, 3.8) is 0 Å². The summed E-state index contributed by atoms with van der Waals surface area (Å²) < 4.78 is 7.98. The quantitative estimate of drug-likeness (QED) is 0.692. The first kappa shape index (κ1) is 15.6. The van der Waals surface area contributed by atoms with Gasteiger partial charge in [-0.2, -0.15) is 10.4 Å². The molecule has 0 aliphatic carbocycles. The number of esters is 1. The van der Waals surface area contributed by atoms with Gasteiger partial charge in [0.05, 0.1) is 43.2 Å². The molecule has 0 aliphatic rings. The van der Waals surface area contributed by atoms with E-state index in [1.165, 1.54) is 17.9 Å². The lowest BCUT2D eigenvalue weighted by atomic mass is 10.2. The summed E-state index contributed by atoms with van der Waals surface area (Å²) in [7, 11) is 1.26. The average Bonchev–Trinajstić information content (AvgIpc) is 3.15. The molecular formula is C16H15N5O3. The second kappa shape index (κ2) is 6.06. The van der Waals surface area contributed by atoms with Gasteiger partial charge >= 0.3 is 5.97 Å². The van der Waals surface area contributed by atoms with E-state index in [9.17, 15) is 4.79 Å². The molecule has 0 radical (unpaired) electrons. The van der Waals surface area contributed by atoms with E-state index in [0.29, 0.717) is 12.2 Å². The number of aliphatic hydroxyl groups is 1. The van der Waals surface area contributed by atoms with Crippen molar-refractivity contribution >= 4 is 22.6 Å². The van der Waals surface area contributed by atoms with Gasteiger partial charge in [0, 0.05) is 17.3 Å². The molecule has 24 heavy (non-hydrogen) atoms. The minimum Gasteiger partial charge on any atom is -0.464 e. The Morgan fingerprint density at radius 2 is 2.29 bits per heavy atom. The number of aromatic nitrogens is 3. The highest BCUT2D eigenvalue weighted by Gasteiger charge is 2.21. The predicted molar refractivity (Wildman–Crippen MR) is 86.6 cm³/mol. The molecule has 1 aromatic carbocycles. The van der Waals surface area contributed by atoms with Crippen LogP contribution in [0.2, 0.25) is 0 Å². The van der Waals surface area contributed by atoms with Gasteiger partial charge in [0.1, 0.15) is 6.07 Å². The normalized spacial score (nSPS) is 10.7. The number of hydrogen-bond acceptors (Lipinski definition) is 6. The van der Waals surface area contributed by atoms with Crippen LogP contribution in [0.4, 0.5) is 5.69 Å². The number of nitrogen functional groups attached to an aromatic ring is 1. The molecule has 8 heteroatoms. The minimum atomic E-state index is -0.620. The number of rotatable bonds is 4. The van der Waals surface area contributed by atoms with E-state index >= 15 is 0 Å². The van der Waals surface area contributed by atoms with Crippen LogP contribution in [0.1, 0.15) is 16.1 Å². The van der Waals surface area contributed by atoms with E-state index in [0.717, 1.165) is 10.9 Å². The van der Waals surface area contributed by atoms with Gasteiger partial charge in [-0.15, -0.1) is 0 Å². The highest BCUT2D eigenvalue weighted by Crippen LogP contribution is 2.26. The maximum absolute atomic E-state index is 12.0. The summed E-state index contributed by atoms with van der Waals surface area (Å²) in [4.78, 5) is 12.0. The van der Waals surface area contributed by atoms with Crippen LogP contribution in [-0.2, 0) is 11.3 Å². The Morgan fingerprint density at radius 1 is 1.50 bits per heavy atom. The molecule has 0 saturated heterocycles. The lowest BCUT2D eigenvalue weighted by molar-refractivity contribution is 0.0593. The maximum Gasteiger partial charge on any atom is 0.357 e. The van der Waals surface area contributed by atoms with E-state index in [2.05, 4.69) is 5.10 Å². The van der Waals surface area contributed by atoms with Gasteiger partial charge < -0.3 is 20.1 Å². The van der Waals surface area contributed by atoms with Crippen LogP contribution in [0, 0.1) is 11.3 Å². The highest BCUT2D eigenvalue weighted by atomic mass is 16.5. The van der Waals surface area contributed by atoms with Crippen molar-refractivity contribution < 1.29 is 14.6 Å². The molecule has 3 rings (SSSR count). The summed E-state index contributed by atoms with van der Waals surface area (Å²) in [5.74, 6) is -0.620. The Morgan fingerprint density at radius 3 is 2.96 bits per heavy atom. The predicted octanol–water partition coefficient (Wildman–Crippen LogP) is 1.06. The second-order valence-electron chi connectivity index (χ2n) is 5.11. The van der Waals surface area contributed by atoms with Crippen molar-refractivity contribution in [1.29, 1.82) is 5.26 Å². The molecule has 0 bridgehead atoms. The molecule has 0 atom stereocenters. The van der Waals surface area contributed by atoms with Crippen molar-refractivity contribution in [3.05, 3.63) is 41.9 Å². The van der Waals surface area contributed by atoms with Crippen molar-refractivity contribution in [2.75, 3.05) is 19.5 Å². The molecule has 3 aromatic rings. The Hall–Kier alpha value is -3.31. The van der Waals surface area contributed by atoms with Gasteiger partial charge in [0.25, 0.3) is 0 Å². The second-order valence-corrected chi connectivity index (χ2v) is 5.11. The molecule has 0 aliphatic heterocycles. The van der Waals surface area contributed by atoms with Crippen molar-refractivity contribution in [2.24, 2.45) is 0 Å². The summed E-state index contributed by atoms with van der Waals surface area (Å²) in [5, 5.41) is 23.3. The largest absolute Gasteiger partial charge is 0.464 e. The molecular weight excluding hydrogens is 310 g/mol. The molecule has 3 N–H and O–H groups in total. The van der Waals surface area contributed by atoms with Gasteiger partial charge in [-0.1, -0.05) is 0 Å². The number of nitrogens with two attached hydrogens (primary N) is 1. The first-order valence-electron chi connectivity index (χ1n) is 7.16. The Labute approximate surface area is 137 Å². The number of ether oxygens (including phenoxy) is 1. The monoisotopic (exact) mass is 325 g/mol. The topological polar surface area (TPSA) is 119 Å². The third-order valence-corrected chi connectivity index (χ3v) is 3.76. The fraction of sp³-hybridized carbons (Fsp3) is 0.188. The number of fused-ring (bicyclic) bond motifs is 1. The van der Waals surface area contributed by atoms with E-state index < -0.39 is 5.97 Å². The standard InChI is InChI=1S/C16H15N5O3/c1-24-16(23)15-14(18)11(7-17)9-20(15)12-2-3-13-10(6-12)8-19-21(13)4-5-22/h2-3,6,8-9,22H,4-5,18H2,1H3. The Balaban J connectivity index is 2.17. The maximum atomic E-state index is 12.0. The molecule has 2 aromatic heterocycles. The third kappa shape index (κ3) is 2.37. The van der Waals surface area contributed by atoms with Crippen LogP contribution < -0.4 is 5.73 Å². The van der Waals surface area contributed by atoms with Gasteiger partial charge in [-0.3, -0.25) is 4.68 Å². The Kier molecular flexibility index (Phi) is 3.93. The van der Waals surface area contributed by atoms with Gasteiger partial charge in [0.2, 0.25) is 0 Å². The van der Waals surface area contributed by atoms with Crippen molar-refractivity contribution in [3.8, 4) is 11.8 Å². The molecule has 0 fully saturated rings. The van der Waals surface area contributed by atoms with Crippen molar-refractivity contribution in [2.45, 2.75) is 6.54 Å². The van der Waals surface area contributed by atoms with Crippen LogP contribution >= 0.6 is 0 Å². The fourth-order valence-electron chi connectivity index (χ4n) is 2.62. The van der Waals surface area contributed by atoms with E-state index in [1.54, 1.807) is 16.9 Å². The van der Waals surface area contributed by atoms with Crippen LogP contribution in [0.25, 0.3) is 16.6 Å². The van der Waals surface area contributed by atoms with Crippen LogP contribution in [0.15, 0.2) is 30.6 Å². The molecule has 0 unspecified atom stereocenters. The van der Waals surface area contributed by atoms with Gasteiger partial charge in [-0.05, 0) is 18.2 Å². The lowest BCUT2D eigenvalue weighted by Gasteiger charge is -2.09. The zero-order chi connectivity index (χ0) is 17.3. The smallest absolute Gasteiger partial charge is 0.357 e. The number of benzene rings is 1. The number of methoxy groups -OCH3 is 1. The SMILES string of the molecule is COC(=O)c1c(N)c(C#N)cn1-c1ccc2c(cnn2CCO)c1. The number of carbonyl (C=O) groups is 1. The molecule has 0 spiro atoms. The van der Waals surface area contributed by atoms with Crippen molar-refractivity contribution in [1.82, 2.24) is 14.3 Å². The highest BCUT2D eigenvalue weighted by molar-refractivity contribution is 5.96. The first-order valence-corrected chi connectivity index (χ1v) is 7.16. The average molecular weight is 325 g/mol. The number of hydrogen-bond donors (Lipinski definition) is 2. The summed E-state index contributed by atoms with van der Waals surface area (Å²) in [5.41, 5.74) is 7.80. The minimum absolute atomic E-state index is 0.00924. The summed E-state index contributed by atoms with van der Waals surface area (Å²) in [6, 6.07) is 7.40. The molecule has 0 amide bonds. The molecule has 8 nitrogen and oxygen atoms in total. The van der Waals surface area contributed by atoms with E-state index in [4.69, 9.17) is 20.8 Å². The molecule has 0 saturated carbocycles. The fourth-order valence-corrected chi connectivity index (χ4v) is 2.62. The first-order chi connectivity index (χ1) is 11.6. The van der Waals surface area contributed by atoms with Gasteiger partial charge in [-0.25, -0.2) is 4.79 Å².